The molecule has 0 unspecified atom stereocenters. The van der Waals surface area contributed by atoms with Crippen molar-refractivity contribution < 1.29 is 13.2 Å². The summed E-state index contributed by atoms with van der Waals surface area (Å²) in [4.78, 5) is 12.0. The van der Waals surface area contributed by atoms with Gasteiger partial charge in [-0.15, -0.1) is 0 Å². The van der Waals surface area contributed by atoms with Crippen LogP contribution < -0.4 is 10.0 Å². The van der Waals surface area contributed by atoms with E-state index in [1.165, 1.54) is 0 Å². The lowest BCUT2D eigenvalue weighted by Gasteiger charge is -2.14. The summed E-state index contributed by atoms with van der Waals surface area (Å²) in [5, 5.41) is 2.76. The minimum atomic E-state index is -3.72. The molecule has 6 heteroatoms. The third-order valence-electron chi connectivity index (χ3n) is 3.50. The van der Waals surface area contributed by atoms with Crippen molar-refractivity contribution in [1.82, 2.24) is 0 Å². The van der Waals surface area contributed by atoms with Crippen LogP contribution in [0.3, 0.4) is 0 Å². The summed E-state index contributed by atoms with van der Waals surface area (Å²) in [6.45, 7) is 5.67. The van der Waals surface area contributed by atoms with Gasteiger partial charge < -0.3 is 5.32 Å². The quantitative estimate of drug-likeness (QED) is 0.834. The molecule has 5 nitrogen and oxygen atoms in total. The molecule has 0 aliphatic rings. The van der Waals surface area contributed by atoms with E-state index in [2.05, 4.69) is 10.0 Å². The van der Waals surface area contributed by atoms with E-state index >= 15 is 0 Å². The number of carbonyl (C=O) groups excluding carboxylic acids is 1. The van der Waals surface area contributed by atoms with Gasteiger partial charge in [-0.1, -0.05) is 30.7 Å². The van der Waals surface area contributed by atoms with E-state index in [1.54, 1.807) is 36.4 Å². The van der Waals surface area contributed by atoms with Gasteiger partial charge in [0.15, 0.2) is 0 Å². The Morgan fingerprint density at radius 1 is 0.958 bits per heavy atom. The van der Waals surface area contributed by atoms with Gasteiger partial charge >= 0.3 is 0 Å². The zero-order valence-electron chi connectivity index (χ0n) is 14.1. The molecule has 2 rings (SSSR count). The molecule has 128 valence electrons. The first-order valence-corrected chi connectivity index (χ1v) is 9.30. The molecule has 0 aliphatic carbocycles. The van der Waals surface area contributed by atoms with Crippen LogP contribution in [-0.4, -0.2) is 14.3 Å². The Morgan fingerprint density at radius 2 is 1.58 bits per heavy atom. The molecule has 0 aromatic heterocycles. The lowest BCUT2D eigenvalue weighted by molar-refractivity contribution is -0.116. The summed E-state index contributed by atoms with van der Waals surface area (Å²) in [5.74, 6) is -0.142. The fraction of sp³-hybridized carbons (Fsp3) is 0.278. The van der Waals surface area contributed by atoms with Crippen molar-refractivity contribution in [2.75, 3.05) is 10.0 Å². The lowest BCUT2D eigenvalue weighted by atomic mass is 10.2. The summed E-state index contributed by atoms with van der Waals surface area (Å²) >= 11 is 0. The van der Waals surface area contributed by atoms with E-state index in [-0.39, 0.29) is 10.8 Å². The van der Waals surface area contributed by atoms with Crippen molar-refractivity contribution in [3.8, 4) is 0 Å². The predicted molar refractivity (Wildman–Crippen MR) is 96.7 cm³/mol. The van der Waals surface area contributed by atoms with Gasteiger partial charge in [0.1, 0.15) is 0 Å². The van der Waals surface area contributed by atoms with Crippen LogP contribution in [0.1, 0.15) is 30.9 Å². The number of carbonyl (C=O) groups is 1. The Bertz CT molecular complexity index is 828. The molecular weight excluding hydrogens is 324 g/mol. The van der Waals surface area contributed by atoms with Gasteiger partial charge in [-0.2, -0.15) is 0 Å². The Kier molecular flexibility index (Phi) is 5.62. The molecule has 2 N–H and O–H groups in total. The lowest BCUT2D eigenvalue weighted by Crippen LogP contribution is -2.17. The molecule has 0 saturated heterocycles. The zero-order valence-corrected chi connectivity index (χ0v) is 14.9. The molecule has 2 aromatic carbocycles. The van der Waals surface area contributed by atoms with Gasteiger partial charge in [0, 0.05) is 6.42 Å². The molecule has 1 amide bonds. The predicted octanol–water partition coefficient (Wildman–Crippen LogP) is 3.84. The van der Waals surface area contributed by atoms with Crippen LogP contribution in [0.5, 0.6) is 0 Å². The van der Waals surface area contributed by atoms with E-state index in [4.69, 9.17) is 0 Å². The molecular formula is C18H22N2O3S. The van der Waals surface area contributed by atoms with Crippen molar-refractivity contribution in [2.24, 2.45) is 0 Å². The van der Waals surface area contributed by atoms with Crippen LogP contribution in [-0.2, 0) is 14.8 Å². The van der Waals surface area contributed by atoms with Crippen LogP contribution >= 0.6 is 0 Å². The van der Waals surface area contributed by atoms with Gasteiger partial charge in [-0.3, -0.25) is 9.52 Å². The number of rotatable bonds is 6. The van der Waals surface area contributed by atoms with Crippen molar-refractivity contribution >= 4 is 27.3 Å². The maximum absolute atomic E-state index is 12.6. The van der Waals surface area contributed by atoms with E-state index in [0.717, 1.165) is 17.5 Å². The largest absolute Gasteiger partial charge is 0.324 e. The fourth-order valence-corrected chi connectivity index (χ4v) is 3.28. The van der Waals surface area contributed by atoms with Crippen LogP contribution in [0.15, 0.2) is 47.4 Å². The molecule has 0 saturated carbocycles. The Labute approximate surface area is 143 Å². The Balaban J connectivity index is 2.32. The highest BCUT2D eigenvalue weighted by Gasteiger charge is 2.17. The molecule has 0 aliphatic heterocycles. The second-order valence-corrected chi connectivity index (χ2v) is 7.45. The SMILES string of the molecule is CCCC(=O)Nc1ccc(C)cc1NS(=O)(=O)c1ccc(C)cc1. The van der Waals surface area contributed by atoms with Crippen molar-refractivity contribution in [3.63, 3.8) is 0 Å². The van der Waals surface area contributed by atoms with Gasteiger partial charge in [0.05, 0.1) is 16.3 Å². The molecule has 0 radical (unpaired) electrons. The number of hydrogen-bond donors (Lipinski definition) is 2. The maximum atomic E-state index is 12.6. The highest BCUT2D eigenvalue weighted by atomic mass is 32.2. The molecule has 0 fully saturated rings. The Hall–Kier alpha value is -2.34. The van der Waals surface area contributed by atoms with Gasteiger partial charge in [-0.05, 0) is 50.1 Å². The zero-order chi connectivity index (χ0) is 17.7. The molecule has 0 bridgehead atoms. The summed E-state index contributed by atoms with van der Waals surface area (Å²) in [7, 11) is -3.72. The monoisotopic (exact) mass is 346 g/mol. The first-order valence-electron chi connectivity index (χ1n) is 7.82. The van der Waals surface area contributed by atoms with Crippen molar-refractivity contribution in [3.05, 3.63) is 53.6 Å². The summed E-state index contributed by atoms with van der Waals surface area (Å²) in [6.07, 6.45) is 1.11. The molecule has 0 spiro atoms. The van der Waals surface area contributed by atoms with E-state index in [0.29, 0.717) is 17.8 Å². The number of aryl methyl sites for hydroxylation is 2. The molecule has 0 atom stereocenters. The topological polar surface area (TPSA) is 75.3 Å². The second-order valence-electron chi connectivity index (χ2n) is 5.77. The fourth-order valence-electron chi connectivity index (χ4n) is 2.21. The summed E-state index contributed by atoms with van der Waals surface area (Å²) in [5.41, 5.74) is 2.69. The first-order chi connectivity index (χ1) is 11.3. The van der Waals surface area contributed by atoms with E-state index in [9.17, 15) is 13.2 Å². The summed E-state index contributed by atoms with van der Waals surface area (Å²) < 4.78 is 27.7. The number of hydrogen-bond acceptors (Lipinski definition) is 3. The van der Waals surface area contributed by atoms with E-state index in [1.807, 2.05) is 26.8 Å². The minimum absolute atomic E-state index is 0.142. The van der Waals surface area contributed by atoms with Gasteiger partial charge in [0.2, 0.25) is 5.91 Å². The minimum Gasteiger partial charge on any atom is -0.324 e. The van der Waals surface area contributed by atoms with Crippen molar-refractivity contribution in [1.29, 1.82) is 0 Å². The average molecular weight is 346 g/mol. The van der Waals surface area contributed by atoms with E-state index < -0.39 is 10.0 Å². The smallest absolute Gasteiger partial charge is 0.261 e. The van der Waals surface area contributed by atoms with Crippen LogP contribution in [0, 0.1) is 13.8 Å². The first kappa shape index (κ1) is 18.0. The van der Waals surface area contributed by atoms with Gasteiger partial charge in [-0.25, -0.2) is 8.42 Å². The molecule has 0 heterocycles. The number of benzene rings is 2. The highest BCUT2D eigenvalue weighted by Crippen LogP contribution is 2.26. The maximum Gasteiger partial charge on any atom is 0.261 e. The standard InChI is InChI=1S/C18H22N2O3S/c1-4-5-18(21)19-16-11-8-14(3)12-17(16)20-24(22,23)15-9-6-13(2)7-10-15/h6-12,20H,4-5H2,1-3H3,(H,19,21). The Morgan fingerprint density at radius 3 is 2.21 bits per heavy atom. The third-order valence-corrected chi connectivity index (χ3v) is 4.88. The normalized spacial score (nSPS) is 11.1. The number of sulfonamides is 1. The number of anilines is 2. The number of nitrogens with one attached hydrogen (secondary N) is 2. The third kappa shape index (κ3) is 4.58. The van der Waals surface area contributed by atoms with Gasteiger partial charge in [0.25, 0.3) is 10.0 Å². The molecule has 24 heavy (non-hydrogen) atoms. The number of amides is 1. The summed E-state index contributed by atoms with van der Waals surface area (Å²) in [6, 6.07) is 11.8. The van der Waals surface area contributed by atoms with Crippen LogP contribution in [0.25, 0.3) is 0 Å². The van der Waals surface area contributed by atoms with Crippen molar-refractivity contribution in [2.45, 2.75) is 38.5 Å². The van der Waals surface area contributed by atoms with Crippen LogP contribution in [0.2, 0.25) is 0 Å². The molecule has 2 aromatic rings. The highest BCUT2D eigenvalue weighted by molar-refractivity contribution is 7.92. The van der Waals surface area contributed by atoms with Crippen LogP contribution in [0.4, 0.5) is 11.4 Å². The second kappa shape index (κ2) is 7.49. The average Bonchev–Trinajstić information content (AvgIpc) is 2.50.